The minimum Gasteiger partial charge on any atom is -0.508 e. The third-order valence-electron chi connectivity index (χ3n) is 5.85. The van der Waals surface area contributed by atoms with Gasteiger partial charge < -0.3 is 19.7 Å². The monoisotopic (exact) mass is 520 g/mol. The van der Waals surface area contributed by atoms with Gasteiger partial charge in [-0.15, -0.1) is 0 Å². The molecule has 1 atom stereocenters. The summed E-state index contributed by atoms with van der Waals surface area (Å²) in [5, 5.41) is 21.2. The molecule has 10 heteroatoms. The summed E-state index contributed by atoms with van der Waals surface area (Å²) in [5.41, 5.74) is 1.61. The number of esters is 1. The number of rotatable bonds is 7. The fourth-order valence-corrected chi connectivity index (χ4v) is 5.04. The van der Waals surface area contributed by atoms with Gasteiger partial charge in [-0.25, -0.2) is 9.78 Å². The number of benzene rings is 2. The first-order valence-corrected chi connectivity index (χ1v) is 12.0. The summed E-state index contributed by atoms with van der Waals surface area (Å²) in [5.74, 6) is -2.26. The Morgan fingerprint density at radius 2 is 1.89 bits per heavy atom. The van der Waals surface area contributed by atoms with Crippen molar-refractivity contribution in [1.82, 2.24) is 4.98 Å². The highest BCUT2D eigenvalue weighted by molar-refractivity contribution is 7.17. The number of Topliss-reactive ketones (excluding diaryl/α,β-unsaturated/α-hetero) is 1. The van der Waals surface area contributed by atoms with Gasteiger partial charge in [0.25, 0.3) is 5.78 Å². The number of aliphatic hydroxyl groups excluding tert-OH is 1. The van der Waals surface area contributed by atoms with Crippen LogP contribution in [-0.4, -0.2) is 46.6 Å². The maximum Gasteiger partial charge on any atom is 0.350 e. The lowest BCUT2D eigenvalue weighted by molar-refractivity contribution is -0.132. The summed E-state index contributed by atoms with van der Waals surface area (Å²) in [4.78, 5) is 44.9. The van der Waals surface area contributed by atoms with Crippen molar-refractivity contribution in [3.63, 3.8) is 0 Å². The number of hydrogen-bond donors (Lipinski definition) is 2. The standard InChI is InChI=1S/C27H24N2O7S/c1-5-12-36-26(34)24-15(3)28-27(37-24)29-21(16-6-8-17(30)9-7-16)20(23(32)25(29)33)22(31)19-11-10-18(35-4)13-14(19)2/h5-11,13,21,30-31H,1,12H2,2-4H3/b22-20+. The van der Waals surface area contributed by atoms with Crippen molar-refractivity contribution in [3.05, 3.63) is 88.0 Å². The van der Waals surface area contributed by atoms with E-state index in [1.165, 1.54) is 25.3 Å². The number of aromatic nitrogens is 1. The molecule has 0 spiro atoms. The lowest BCUT2D eigenvalue weighted by Crippen LogP contribution is -2.29. The fraction of sp³-hybridized carbons (Fsp3) is 0.185. The largest absolute Gasteiger partial charge is 0.508 e. The SMILES string of the molecule is C=CCOC(=O)c1sc(N2C(=O)C(=O)/C(=C(/O)c3ccc(OC)cc3C)C2c2ccc(O)cc2)nc1C. The second-order valence-electron chi connectivity index (χ2n) is 8.24. The molecule has 0 radical (unpaired) electrons. The van der Waals surface area contributed by atoms with E-state index in [9.17, 15) is 24.6 Å². The van der Waals surface area contributed by atoms with Gasteiger partial charge in [0.05, 0.1) is 24.4 Å². The number of aliphatic hydroxyl groups is 1. The third kappa shape index (κ3) is 4.70. The van der Waals surface area contributed by atoms with Crippen molar-refractivity contribution < 1.29 is 34.1 Å². The molecule has 190 valence electrons. The van der Waals surface area contributed by atoms with Crippen LogP contribution in [-0.2, 0) is 14.3 Å². The number of hydrogen-bond acceptors (Lipinski definition) is 9. The summed E-state index contributed by atoms with van der Waals surface area (Å²) in [6.45, 7) is 6.86. The molecule has 0 aliphatic carbocycles. The highest BCUT2D eigenvalue weighted by Gasteiger charge is 2.48. The van der Waals surface area contributed by atoms with Gasteiger partial charge >= 0.3 is 11.9 Å². The van der Waals surface area contributed by atoms with Gasteiger partial charge in [0, 0.05) is 5.56 Å². The molecule has 2 N–H and O–H groups in total. The number of ketones is 1. The minimum atomic E-state index is -1.07. The average molecular weight is 521 g/mol. The molecule has 1 aliphatic heterocycles. The lowest BCUT2D eigenvalue weighted by Gasteiger charge is -2.23. The zero-order valence-corrected chi connectivity index (χ0v) is 21.2. The van der Waals surface area contributed by atoms with Gasteiger partial charge in [0.1, 0.15) is 28.7 Å². The van der Waals surface area contributed by atoms with E-state index >= 15 is 0 Å². The van der Waals surface area contributed by atoms with Crippen LogP contribution >= 0.6 is 11.3 Å². The van der Waals surface area contributed by atoms with E-state index in [4.69, 9.17) is 9.47 Å². The highest BCUT2D eigenvalue weighted by atomic mass is 32.1. The third-order valence-corrected chi connectivity index (χ3v) is 6.99. The Kier molecular flexibility index (Phi) is 7.12. The van der Waals surface area contributed by atoms with Gasteiger partial charge in [-0.2, -0.15) is 0 Å². The van der Waals surface area contributed by atoms with E-state index in [0.29, 0.717) is 28.1 Å². The van der Waals surface area contributed by atoms with E-state index in [2.05, 4.69) is 11.6 Å². The maximum absolute atomic E-state index is 13.3. The van der Waals surface area contributed by atoms with E-state index in [-0.39, 0.29) is 33.7 Å². The molecular formula is C27H24N2O7S. The maximum atomic E-state index is 13.3. The molecule has 1 aliphatic rings. The van der Waals surface area contributed by atoms with Crippen molar-refractivity contribution in [2.24, 2.45) is 0 Å². The molecule has 37 heavy (non-hydrogen) atoms. The Morgan fingerprint density at radius 1 is 1.19 bits per heavy atom. The molecule has 1 fully saturated rings. The molecule has 9 nitrogen and oxygen atoms in total. The summed E-state index contributed by atoms with van der Waals surface area (Å²) in [6, 6.07) is 9.81. The number of phenols is 1. The number of anilines is 1. The molecule has 1 aromatic heterocycles. The Hall–Kier alpha value is -4.44. The Bertz CT molecular complexity index is 1440. The number of methoxy groups -OCH3 is 1. The summed E-state index contributed by atoms with van der Waals surface area (Å²) in [7, 11) is 1.52. The number of thiazole rings is 1. The van der Waals surface area contributed by atoms with Crippen LogP contribution < -0.4 is 9.64 Å². The first-order valence-electron chi connectivity index (χ1n) is 11.2. The zero-order valence-electron chi connectivity index (χ0n) is 20.3. The quantitative estimate of drug-likeness (QED) is 0.154. The lowest BCUT2D eigenvalue weighted by atomic mass is 9.94. The van der Waals surface area contributed by atoms with Crippen molar-refractivity contribution in [2.75, 3.05) is 18.6 Å². The first kappa shape index (κ1) is 25.6. The van der Waals surface area contributed by atoms with E-state index in [0.717, 1.165) is 16.2 Å². The van der Waals surface area contributed by atoms with Crippen LogP contribution in [0.2, 0.25) is 0 Å². The molecule has 2 heterocycles. The molecule has 4 rings (SSSR count). The van der Waals surface area contributed by atoms with Gasteiger partial charge in [-0.05, 0) is 55.3 Å². The average Bonchev–Trinajstić information content (AvgIpc) is 3.39. The van der Waals surface area contributed by atoms with Crippen LogP contribution in [0.25, 0.3) is 5.76 Å². The van der Waals surface area contributed by atoms with Crippen molar-refractivity contribution >= 4 is 39.9 Å². The number of carbonyl (C=O) groups is 3. The van der Waals surface area contributed by atoms with E-state index in [1.807, 2.05) is 0 Å². The van der Waals surface area contributed by atoms with Gasteiger partial charge in [0.2, 0.25) is 0 Å². The topological polar surface area (TPSA) is 126 Å². The van der Waals surface area contributed by atoms with Crippen LogP contribution in [0.5, 0.6) is 11.5 Å². The van der Waals surface area contributed by atoms with Crippen molar-refractivity contribution in [1.29, 1.82) is 0 Å². The number of ether oxygens (including phenoxy) is 2. The zero-order chi connectivity index (χ0) is 26.9. The minimum absolute atomic E-state index is 0.00470. The number of aryl methyl sites for hydroxylation is 2. The number of carbonyl (C=O) groups excluding carboxylic acids is 3. The van der Waals surface area contributed by atoms with Crippen molar-refractivity contribution in [3.8, 4) is 11.5 Å². The fourth-order valence-electron chi connectivity index (χ4n) is 4.05. The molecule has 0 saturated carbocycles. The molecule has 2 aromatic carbocycles. The first-order chi connectivity index (χ1) is 17.7. The van der Waals surface area contributed by atoms with Gasteiger partial charge in [0.15, 0.2) is 5.13 Å². The normalized spacial score (nSPS) is 16.6. The predicted molar refractivity (Wildman–Crippen MR) is 138 cm³/mol. The van der Waals surface area contributed by atoms with Gasteiger partial charge in [-0.1, -0.05) is 36.1 Å². The Labute approximate surface area is 216 Å². The van der Waals surface area contributed by atoms with E-state index < -0.39 is 23.7 Å². The number of aromatic hydroxyl groups is 1. The van der Waals surface area contributed by atoms with Crippen LogP contribution in [0.3, 0.4) is 0 Å². The van der Waals surface area contributed by atoms with Crippen LogP contribution in [0.1, 0.15) is 38.1 Å². The summed E-state index contributed by atoms with van der Waals surface area (Å²) >= 11 is 0.903. The van der Waals surface area contributed by atoms with Crippen LogP contribution in [0.4, 0.5) is 5.13 Å². The second kappa shape index (κ2) is 10.3. The number of amides is 1. The number of phenolic OH excluding ortho intramolecular Hbond substituents is 1. The highest BCUT2D eigenvalue weighted by Crippen LogP contribution is 2.44. The summed E-state index contributed by atoms with van der Waals surface area (Å²) in [6.07, 6.45) is 1.43. The van der Waals surface area contributed by atoms with E-state index in [1.54, 1.807) is 44.2 Å². The van der Waals surface area contributed by atoms with Crippen LogP contribution in [0.15, 0.2) is 60.7 Å². The smallest absolute Gasteiger partial charge is 0.350 e. The molecular weight excluding hydrogens is 496 g/mol. The van der Waals surface area contributed by atoms with Gasteiger partial charge in [-0.3, -0.25) is 14.5 Å². The number of nitrogens with zero attached hydrogens (tertiary/aromatic N) is 2. The molecule has 1 saturated heterocycles. The Balaban J connectivity index is 1.89. The predicted octanol–water partition coefficient (Wildman–Crippen LogP) is 4.44. The van der Waals surface area contributed by atoms with Crippen molar-refractivity contribution in [2.45, 2.75) is 19.9 Å². The summed E-state index contributed by atoms with van der Waals surface area (Å²) < 4.78 is 10.3. The molecule has 1 amide bonds. The molecule has 3 aromatic rings. The molecule has 1 unspecified atom stereocenters. The molecule has 0 bridgehead atoms. The Morgan fingerprint density at radius 3 is 2.51 bits per heavy atom. The van der Waals surface area contributed by atoms with Crippen LogP contribution in [0, 0.1) is 13.8 Å². The second-order valence-corrected chi connectivity index (χ2v) is 9.22.